The third-order valence-electron chi connectivity index (χ3n) is 4.40. The molecular weight excluding hydrogens is 479 g/mol. The van der Waals surface area contributed by atoms with Crippen molar-refractivity contribution < 1.29 is 4.21 Å². The van der Waals surface area contributed by atoms with Gasteiger partial charge in [0.25, 0.3) is 0 Å². The molecule has 0 spiro atoms. The molecular formula is C18H33IN4OS2. The molecule has 5 nitrogen and oxygen atoms in total. The van der Waals surface area contributed by atoms with Crippen molar-refractivity contribution in [2.24, 2.45) is 4.99 Å². The first-order valence-electron chi connectivity index (χ1n) is 8.97. The molecule has 0 bridgehead atoms. The number of piperidine rings is 1. The maximum atomic E-state index is 12.1. The minimum absolute atomic E-state index is 0. The summed E-state index contributed by atoms with van der Waals surface area (Å²) in [6.45, 7) is 10.00. The highest BCUT2D eigenvalue weighted by atomic mass is 127. The van der Waals surface area contributed by atoms with Crippen LogP contribution in [0.4, 0.5) is 0 Å². The number of hydrogen-bond acceptors (Lipinski definition) is 4. The van der Waals surface area contributed by atoms with Crippen LogP contribution in [0.2, 0.25) is 0 Å². The average molecular weight is 513 g/mol. The molecule has 0 radical (unpaired) electrons. The zero-order valence-corrected chi connectivity index (χ0v) is 20.2. The maximum Gasteiger partial charge on any atom is 0.191 e. The summed E-state index contributed by atoms with van der Waals surface area (Å²) in [5.74, 6) is 1.46. The lowest BCUT2D eigenvalue weighted by Gasteiger charge is -2.33. The fourth-order valence-electron chi connectivity index (χ4n) is 2.83. The molecule has 2 N–H and O–H groups in total. The van der Waals surface area contributed by atoms with Crippen molar-refractivity contribution in [1.29, 1.82) is 0 Å². The van der Waals surface area contributed by atoms with E-state index in [1.165, 1.54) is 5.56 Å². The molecule has 1 aliphatic rings. The lowest BCUT2D eigenvalue weighted by atomic mass is 10.0. The summed E-state index contributed by atoms with van der Waals surface area (Å²) in [6.07, 6.45) is 2.25. The van der Waals surface area contributed by atoms with Crippen molar-refractivity contribution >= 4 is 52.1 Å². The summed E-state index contributed by atoms with van der Waals surface area (Å²) in [5, 5.41) is 11.2. The fourth-order valence-corrected chi connectivity index (χ4v) is 4.39. The second-order valence-electron chi connectivity index (χ2n) is 7.49. The van der Waals surface area contributed by atoms with E-state index >= 15 is 0 Å². The van der Waals surface area contributed by atoms with E-state index in [1.807, 2.05) is 20.8 Å². The average Bonchev–Trinajstić information content (AvgIpc) is 3.07. The molecule has 1 atom stereocenters. The lowest BCUT2D eigenvalue weighted by molar-refractivity contribution is 0.198. The van der Waals surface area contributed by atoms with E-state index in [0.717, 1.165) is 38.4 Å². The van der Waals surface area contributed by atoms with E-state index in [1.54, 1.807) is 18.4 Å². The summed E-state index contributed by atoms with van der Waals surface area (Å²) in [7, 11) is 0.959. The van der Waals surface area contributed by atoms with Gasteiger partial charge in [-0.15, -0.1) is 24.0 Å². The maximum absolute atomic E-state index is 12.1. The van der Waals surface area contributed by atoms with Crippen LogP contribution in [-0.4, -0.2) is 58.3 Å². The molecule has 8 heteroatoms. The van der Waals surface area contributed by atoms with Gasteiger partial charge in [0.05, 0.1) is 0 Å². The molecule has 1 aliphatic heterocycles. The third kappa shape index (κ3) is 8.22. The Morgan fingerprint density at radius 3 is 2.62 bits per heavy atom. The number of rotatable bonds is 6. The zero-order chi connectivity index (χ0) is 18.3. The monoisotopic (exact) mass is 512 g/mol. The molecule has 1 unspecified atom stereocenters. The Hall–Kier alpha value is -0.190. The van der Waals surface area contributed by atoms with Crippen molar-refractivity contribution in [3.8, 4) is 0 Å². The van der Waals surface area contributed by atoms with Gasteiger partial charge in [0.15, 0.2) is 5.96 Å². The Balaban J connectivity index is 0.00000338. The number of nitrogens with zero attached hydrogens (tertiary/aromatic N) is 2. The normalized spacial score (nSPS) is 18.2. The number of guanidine groups is 1. The van der Waals surface area contributed by atoms with Crippen molar-refractivity contribution in [2.45, 2.75) is 50.9 Å². The van der Waals surface area contributed by atoms with Gasteiger partial charge in [-0.3, -0.25) is 14.1 Å². The van der Waals surface area contributed by atoms with Crippen LogP contribution >= 0.6 is 35.3 Å². The SMILES string of the molecule is CN=C(NCCS(=O)C(C)(C)C)NC1CCN(Cc2ccsc2)CC1.I. The molecule has 1 fully saturated rings. The predicted octanol–water partition coefficient (Wildman–Crippen LogP) is 3.04. The number of aliphatic imine (C=N–C) groups is 1. The molecule has 1 aromatic rings. The van der Waals surface area contributed by atoms with E-state index in [9.17, 15) is 4.21 Å². The second-order valence-corrected chi connectivity index (χ2v) is 10.6. The van der Waals surface area contributed by atoms with Crippen LogP contribution in [0.1, 0.15) is 39.2 Å². The zero-order valence-electron chi connectivity index (χ0n) is 16.3. The van der Waals surface area contributed by atoms with E-state index in [-0.39, 0.29) is 28.7 Å². The Labute approximate surface area is 181 Å². The Kier molecular flexibility index (Phi) is 10.6. The van der Waals surface area contributed by atoms with Crippen LogP contribution in [0.25, 0.3) is 0 Å². The van der Waals surface area contributed by atoms with Crippen LogP contribution in [0.3, 0.4) is 0 Å². The Morgan fingerprint density at radius 2 is 2.08 bits per heavy atom. The van der Waals surface area contributed by atoms with Crippen LogP contribution in [0.5, 0.6) is 0 Å². The predicted molar refractivity (Wildman–Crippen MR) is 125 cm³/mol. The summed E-state index contributed by atoms with van der Waals surface area (Å²) >= 11 is 1.77. The van der Waals surface area contributed by atoms with E-state index in [4.69, 9.17) is 0 Å². The summed E-state index contributed by atoms with van der Waals surface area (Å²) in [4.78, 5) is 6.82. The molecule has 0 aromatic carbocycles. The molecule has 2 rings (SSSR count). The summed E-state index contributed by atoms with van der Waals surface area (Å²) < 4.78 is 11.9. The largest absolute Gasteiger partial charge is 0.355 e. The molecule has 2 heterocycles. The minimum Gasteiger partial charge on any atom is -0.355 e. The highest BCUT2D eigenvalue weighted by molar-refractivity contribution is 14.0. The standard InChI is InChI=1S/C18H32N4OS2.HI/c1-18(2,3)25(23)12-8-20-17(19-4)21-16-5-9-22(10-6-16)13-15-7-11-24-14-15;/h7,11,14,16H,5-6,8-10,12-13H2,1-4H3,(H2,19,20,21);1H. The van der Waals surface area contributed by atoms with Crippen LogP contribution < -0.4 is 10.6 Å². The third-order valence-corrected chi connectivity index (χ3v) is 7.07. The van der Waals surface area contributed by atoms with Gasteiger partial charge in [-0.1, -0.05) is 0 Å². The van der Waals surface area contributed by atoms with Gasteiger partial charge in [-0.2, -0.15) is 11.3 Å². The second kappa shape index (κ2) is 11.6. The Morgan fingerprint density at radius 1 is 1.38 bits per heavy atom. The van der Waals surface area contributed by atoms with E-state index in [0.29, 0.717) is 18.3 Å². The van der Waals surface area contributed by atoms with Gasteiger partial charge in [0, 0.05) is 60.6 Å². The summed E-state index contributed by atoms with van der Waals surface area (Å²) in [6, 6.07) is 2.67. The van der Waals surface area contributed by atoms with Crippen molar-refractivity contribution in [1.82, 2.24) is 15.5 Å². The quantitative estimate of drug-likeness (QED) is 0.350. The molecule has 0 amide bonds. The molecule has 26 heavy (non-hydrogen) atoms. The molecule has 1 aromatic heterocycles. The van der Waals surface area contributed by atoms with Crippen molar-refractivity contribution in [3.63, 3.8) is 0 Å². The number of likely N-dealkylation sites (tertiary alicyclic amines) is 1. The first-order valence-corrected chi connectivity index (χ1v) is 11.2. The fraction of sp³-hybridized carbons (Fsp3) is 0.722. The number of hydrogen-bond donors (Lipinski definition) is 2. The number of nitrogens with one attached hydrogen (secondary N) is 2. The van der Waals surface area contributed by atoms with Crippen LogP contribution in [-0.2, 0) is 17.3 Å². The highest BCUT2D eigenvalue weighted by Gasteiger charge is 2.21. The highest BCUT2D eigenvalue weighted by Crippen LogP contribution is 2.15. The van der Waals surface area contributed by atoms with Gasteiger partial charge in [-0.05, 0) is 56.0 Å². The van der Waals surface area contributed by atoms with Crippen molar-refractivity contribution in [3.05, 3.63) is 22.4 Å². The molecule has 0 saturated carbocycles. The molecule has 0 aliphatic carbocycles. The van der Waals surface area contributed by atoms with Crippen molar-refractivity contribution in [2.75, 3.05) is 32.4 Å². The number of thiophene rings is 1. The van der Waals surface area contributed by atoms with Gasteiger partial charge in [0.1, 0.15) is 0 Å². The van der Waals surface area contributed by atoms with Gasteiger partial charge >= 0.3 is 0 Å². The molecule has 150 valence electrons. The number of halogens is 1. The summed E-state index contributed by atoms with van der Waals surface area (Å²) in [5.41, 5.74) is 1.42. The van der Waals surface area contributed by atoms with Crippen LogP contribution in [0.15, 0.2) is 21.8 Å². The van der Waals surface area contributed by atoms with E-state index < -0.39 is 10.8 Å². The first kappa shape index (κ1) is 23.8. The van der Waals surface area contributed by atoms with Gasteiger partial charge in [0.2, 0.25) is 0 Å². The van der Waals surface area contributed by atoms with Gasteiger partial charge in [-0.25, -0.2) is 0 Å². The topological polar surface area (TPSA) is 56.7 Å². The Bertz CT molecular complexity index is 564. The van der Waals surface area contributed by atoms with Crippen LogP contribution in [0, 0.1) is 0 Å². The van der Waals surface area contributed by atoms with Gasteiger partial charge < -0.3 is 10.6 Å². The first-order chi connectivity index (χ1) is 11.9. The van der Waals surface area contributed by atoms with E-state index in [2.05, 4.69) is 37.4 Å². The lowest BCUT2D eigenvalue weighted by Crippen LogP contribution is -2.49. The minimum atomic E-state index is -0.834. The smallest absolute Gasteiger partial charge is 0.191 e. The molecule has 1 saturated heterocycles.